The van der Waals surface area contributed by atoms with Crippen LogP contribution in [0, 0.1) is 5.41 Å². The molecule has 0 heterocycles. The van der Waals surface area contributed by atoms with Crippen LogP contribution in [0.4, 0.5) is 0 Å². The summed E-state index contributed by atoms with van der Waals surface area (Å²) in [7, 11) is 0. The number of rotatable bonds is 4. The molecule has 0 aliphatic rings. The highest BCUT2D eigenvalue weighted by Gasteiger charge is 2.24. The molecule has 0 amide bonds. The van der Waals surface area contributed by atoms with Crippen molar-refractivity contribution in [3.05, 3.63) is 0 Å². The fraction of sp³-hybridized carbons (Fsp3) is 0.750. The zero-order valence-corrected chi connectivity index (χ0v) is 12.7. The Balaban J connectivity index is -0.000000102. The second kappa shape index (κ2) is 18.3. The molecule has 128 valence electrons. The van der Waals surface area contributed by atoms with Gasteiger partial charge in [0.2, 0.25) is 0 Å². The second-order valence-electron chi connectivity index (χ2n) is 3.88. The number of carboxylic acid groups (broad SMARTS) is 3. The van der Waals surface area contributed by atoms with Crippen LogP contribution in [0.25, 0.3) is 0 Å². The number of aliphatic carboxylic acids is 3. The van der Waals surface area contributed by atoms with Gasteiger partial charge in [-0.3, -0.25) is 14.4 Å². The third kappa shape index (κ3) is 45.8. The van der Waals surface area contributed by atoms with Gasteiger partial charge < -0.3 is 30.6 Å². The average molecular weight is 314 g/mol. The van der Waals surface area contributed by atoms with Gasteiger partial charge in [-0.2, -0.15) is 0 Å². The van der Waals surface area contributed by atoms with Crippen LogP contribution in [0.5, 0.6) is 0 Å². The lowest BCUT2D eigenvalue weighted by atomic mass is 9.88. The zero-order chi connectivity index (χ0) is 18.1. The molecule has 6 N–H and O–H groups in total. The van der Waals surface area contributed by atoms with Crippen molar-refractivity contribution in [2.24, 2.45) is 5.41 Å². The maximum atomic E-state index is 9.00. The van der Waals surface area contributed by atoms with E-state index in [1.165, 1.54) is 0 Å². The van der Waals surface area contributed by atoms with Crippen LogP contribution in [0.15, 0.2) is 0 Å². The summed E-state index contributed by atoms with van der Waals surface area (Å²) in [4.78, 5) is 27.0. The van der Waals surface area contributed by atoms with Crippen LogP contribution in [0.3, 0.4) is 0 Å². The van der Waals surface area contributed by atoms with Crippen LogP contribution in [0.2, 0.25) is 0 Å². The summed E-state index contributed by atoms with van der Waals surface area (Å²) < 4.78 is 0. The van der Waals surface area contributed by atoms with Crippen LogP contribution in [0.1, 0.15) is 34.1 Å². The maximum Gasteiger partial charge on any atom is 0.300 e. The van der Waals surface area contributed by atoms with Crippen LogP contribution in [-0.4, -0.2) is 68.4 Å². The lowest BCUT2D eigenvalue weighted by Crippen LogP contribution is -2.32. The molecule has 0 saturated carbocycles. The van der Waals surface area contributed by atoms with Crippen molar-refractivity contribution in [2.45, 2.75) is 34.1 Å². The minimum atomic E-state index is -0.833. The lowest BCUT2D eigenvalue weighted by molar-refractivity contribution is -0.135. The molecule has 0 saturated heterocycles. The standard InChI is InChI=1S/C6H14O3.3C2H4O2/c1-2-6(3-7,4-8)5-9;3*1-2(3)4/h7-9H,2-5H2,1H3;3*1H3,(H,3,4). The fourth-order valence-corrected chi connectivity index (χ4v) is 0.485. The minimum Gasteiger partial charge on any atom is -0.481 e. The predicted octanol–water partition coefficient (Wildman–Crippen LogP) is -0.368. The van der Waals surface area contributed by atoms with E-state index >= 15 is 0 Å². The Morgan fingerprint density at radius 1 is 0.714 bits per heavy atom. The normalized spacial score (nSPS) is 8.71. The average Bonchev–Trinajstić information content (AvgIpc) is 2.30. The lowest BCUT2D eigenvalue weighted by Gasteiger charge is -2.24. The van der Waals surface area contributed by atoms with Gasteiger partial charge in [-0.1, -0.05) is 6.92 Å². The molecule has 0 aromatic carbocycles. The highest BCUT2D eigenvalue weighted by Crippen LogP contribution is 2.18. The Hall–Kier alpha value is -1.71. The third-order valence-electron chi connectivity index (χ3n) is 1.76. The summed E-state index contributed by atoms with van der Waals surface area (Å²) in [6.45, 7) is 4.60. The van der Waals surface area contributed by atoms with Gasteiger partial charge in [0.05, 0.1) is 19.8 Å². The molecule has 0 fully saturated rings. The van der Waals surface area contributed by atoms with Crippen molar-refractivity contribution in [2.75, 3.05) is 19.8 Å². The topological polar surface area (TPSA) is 173 Å². The van der Waals surface area contributed by atoms with E-state index in [-0.39, 0.29) is 19.8 Å². The van der Waals surface area contributed by atoms with Crippen molar-refractivity contribution in [3.8, 4) is 0 Å². The Bertz CT molecular complexity index is 214. The molecule has 0 rings (SSSR count). The predicted molar refractivity (Wildman–Crippen MR) is 73.9 cm³/mol. The summed E-state index contributed by atoms with van der Waals surface area (Å²) in [5, 5.41) is 48.2. The van der Waals surface area contributed by atoms with E-state index in [1.54, 1.807) is 0 Å². The molecule has 0 aliphatic heterocycles. The second-order valence-corrected chi connectivity index (χ2v) is 3.88. The summed E-state index contributed by atoms with van der Waals surface area (Å²) in [6.07, 6.45) is 0.594. The highest BCUT2D eigenvalue weighted by atomic mass is 16.4. The summed E-state index contributed by atoms with van der Waals surface area (Å²) in [5.41, 5.74) is -0.667. The van der Waals surface area contributed by atoms with Gasteiger partial charge in [0, 0.05) is 26.2 Å². The van der Waals surface area contributed by atoms with Gasteiger partial charge in [-0.25, -0.2) is 0 Å². The maximum absolute atomic E-state index is 9.00. The molecule has 0 aliphatic carbocycles. The number of carbonyl (C=O) groups is 3. The molecule has 21 heavy (non-hydrogen) atoms. The van der Waals surface area contributed by atoms with E-state index in [9.17, 15) is 0 Å². The van der Waals surface area contributed by atoms with Crippen molar-refractivity contribution in [3.63, 3.8) is 0 Å². The molecule has 0 unspecified atom stereocenters. The Morgan fingerprint density at radius 2 is 0.857 bits per heavy atom. The largest absolute Gasteiger partial charge is 0.481 e. The van der Waals surface area contributed by atoms with E-state index < -0.39 is 23.3 Å². The number of hydrogen-bond acceptors (Lipinski definition) is 6. The first kappa shape index (κ1) is 27.6. The highest BCUT2D eigenvalue weighted by molar-refractivity contribution is 5.63. The van der Waals surface area contributed by atoms with E-state index in [2.05, 4.69) is 0 Å². The molecule has 0 aromatic heterocycles. The quantitative estimate of drug-likeness (QED) is 0.404. The summed E-state index contributed by atoms with van der Waals surface area (Å²) in [6, 6.07) is 0. The van der Waals surface area contributed by atoms with Crippen molar-refractivity contribution in [1.29, 1.82) is 0 Å². The summed E-state index contributed by atoms with van der Waals surface area (Å²) in [5.74, 6) is -2.50. The van der Waals surface area contributed by atoms with Crippen molar-refractivity contribution < 1.29 is 45.0 Å². The van der Waals surface area contributed by atoms with Crippen molar-refractivity contribution in [1.82, 2.24) is 0 Å². The Morgan fingerprint density at radius 3 is 0.857 bits per heavy atom. The molecule has 9 nitrogen and oxygen atoms in total. The number of aliphatic hydroxyl groups excluding tert-OH is 3. The number of aliphatic hydroxyl groups is 3. The molecular weight excluding hydrogens is 288 g/mol. The molecule has 0 spiro atoms. The van der Waals surface area contributed by atoms with Crippen LogP contribution < -0.4 is 0 Å². The molecule has 0 atom stereocenters. The molecular formula is C12H26O9. The van der Waals surface area contributed by atoms with Gasteiger partial charge in [-0.05, 0) is 6.42 Å². The van der Waals surface area contributed by atoms with Gasteiger partial charge in [0.1, 0.15) is 0 Å². The monoisotopic (exact) mass is 314 g/mol. The van der Waals surface area contributed by atoms with Crippen LogP contribution >= 0.6 is 0 Å². The van der Waals surface area contributed by atoms with Gasteiger partial charge in [-0.15, -0.1) is 0 Å². The molecule has 0 bridgehead atoms. The first-order chi connectivity index (χ1) is 9.44. The van der Waals surface area contributed by atoms with Gasteiger partial charge >= 0.3 is 0 Å². The SMILES string of the molecule is CC(=O)O.CC(=O)O.CC(=O)O.CCC(CO)(CO)CO. The number of carboxylic acids is 3. The van der Waals surface area contributed by atoms with Crippen LogP contribution in [-0.2, 0) is 14.4 Å². The first-order valence-corrected chi connectivity index (χ1v) is 5.85. The van der Waals surface area contributed by atoms with Gasteiger partial charge in [0.15, 0.2) is 0 Å². The molecule has 0 radical (unpaired) electrons. The van der Waals surface area contributed by atoms with E-state index in [0.29, 0.717) is 6.42 Å². The van der Waals surface area contributed by atoms with E-state index in [1.807, 2.05) is 6.92 Å². The summed E-state index contributed by atoms with van der Waals surface area (Å²) >= 11 is 0. The van der Waals surface area contributed by atoms with Crippen molar-refractivity contribution >= 4 is 17.9 Å². The number of hydrogen-bond donors (Lipinski definition) is 6. The molecule has 0 aromatic rings. The smallest absolute Gasteiger partial charge is 0.300 e. The van der Waals surface area contributed by atoms with Gasteiger partial charge in [0.25, 0.3) is 17.9 Å². The minimum absolute atomic E-state index is 0.156. The Kier molecular flexibility index (Phi) is 24.0. The zero-order valence-electron chi connectivity index (χ0n) is 12.7. The van der Waals surface area contributed by atoms with E-state index in [0.717, 1.165) is 20.8 Å². The Labute approximate surface area is 123 Å². The van der Waals surface area contributed by atoms with E-state index in [4.69, 9.17) is 45.0 Å². The first-order valence-electron chi connectivity index (χ1n) is 5.85. The fourth-order valence-electron chi connectivity index (χ4n) is 0.485. The molecule has 9 heteroatoms. The third-order valence-corrected chi connectivity index (χ3v) is 1.76.